The zero-order chi connectivity index (χ0) is 13.8. The van der Waals surface area contributed by atoms with Gasteiger partial charge in [0.05, 0.1) is 0 Å². The van der Waals surface area contributed by atoms with Gasteiger partial charge in [0.1, 0.15) is 12.4 Å². The Morgan fingerprint density at radius 2 is 2.16 bits per heavy atom. The molecule has 1 N–H and O–H groups in total. The Morgan fingerprint density at radius 1 is 1.37 bits per heavy atom. The van der Waals surface area contributed by atoms with Crippen LogP contribution >= 0.6 is 0 Å². The molecule has 1 aliphatic heterocycles. The lowest BCUT2D eigenvalue weighted by Gasteiger charge is -2.31. The molecule has 1 aliphatic rings. The second kappa shape index (κ2) is 5.64. The minimum absolute atomic E-state index is 0.0585. The van der Waals surface area contributed by atoms with E-state index in [-0.39, 0.29) is 24.1 Å². The van der Waals surface area contributed by atoms with Crippen molar-refractivity contribution in [2.24, 2.45) is 0 Å². The quantitative estimate of drug-likeness (QED) is 0.818. The van der Waals surface area contributed by atoms with Crippen LogP contribution in [-0.2, 0) is 4.79 Å². The highest BCUT2D eigenvalue weighted by Crippen LogP contribution is 2.08. The number of likely N-dealkylation sites (N-methyl/N-ethyl adjacent to an activating group) is 1. The predicted molar refractivity (Wildman–Crippen MR) is 69.7 cm³/mol. The van der Waals surface area contributed by atoms with Crippen molar-refractivity contribution in [2.75, 3.05) is 38.5 Å². The van der Waals surface area contributed by atoms with Crippen LogP contribution in [0.25, 0.3) is 0 Å². The molecule has 2 heterocycles. The van der Waals surface area contributed by atoms with Crippen molar-refractivity contribution in [3.05, 3.63) is 17.8 Å². The van der Waals surface area contributed by atoms with E-state index in [1.54, 1.807) is 24.1 Å². The number of aromatic nitrogens is 2. The number of hydrogen-bond acceptors (Lipinski definition) is 5. The summed E-state index contributed by atoms with van der Waals surface area (Å²) in [5.74, 6) is 0.322. The van der Waals surface area contributed by atoms with E-state index < -0.39 is 0 Å². The van der Waals surface area contributed by atoms with Gasteiger partial charge in [-0.15, -0.1) is 10.2 Å². The number of amides is 2. The van der Waals surface area contributed by atoms with Crippen LogP contribution in [0.3, 0.4) is 0 Å². The molecule has 7 heteroatoms. The molecule has 0 aliphatic carbocycles. The summed E-state index contributed by atoms with van der Waals surface area (Å²) in [5.41, 5.74) is 0.263. The van der Waals surface area contributed by atoms with Gasteiger partial charge in [-0.2, -0.15) is 0 Å². The summed E-state index contributed by atoms with van der Waals surface area (Å²) in [6.07, 6.45) is 0. The zero-order valence-electron chi connectivity index (χ0n) is 11.1. The second-order valence-corrected chi connectivity index (χ2v) is 4.38. The largest absolute Gasteiger partial charge is 0.369 e. The van der Waals surface area contributed by atoms with Crippen LogP contribution in [0.4, 0.5) is 5.82 Å². The molecule has 102 valence electrons. The minimum atomic E-state index is -0.253. The number of carbonyl (C=O) groups is 2. The molecule has 1 aromatic heterocycles. The number of hydrogen-bond donors (Lipinski definition) is 1. The van der Waals surface area contributed by atoms with Gasteiger partial charge < -0.3 is 15.1 Å². The third-order valence-corrected chi connectivity index (χ3v) is 2.99. The molecule has 0 spiro atoms. The Hall–Kier alpha value is -2.18. The maximum atomic E-state index is 12.2. The van der Waals surface area contributed by atoms with E-state index in [2.05, 4.69) is 15.5 Å². The lowest BCUT2D eigenvalue weighted by molar-refractivity contribution is -0.133. The van der Waals surface area contributed by atoms with E-state index in [1.165, 1.54) is 4.90 Å². The Balaban J connectivity index is 2.05. The normalized spacial score (nSPS) is 15.6. The van der Waals surface area contributed by atoms with Crippen LogP contribution in [-0.4, -0.2) is 65.0 Å². The number of anilines is 1. The molecule has 0 atom stereocenters. The molecule has 2 amide bonds. The van der Waals surface area contributed by atoms with Gasteiger partial charge in [-0.25, -0.2) is 0 Å². The van der Waals surface area contributed by atoms with Gasteiger partial charge in [-0.3, -0.25) is 9.59 Å². The van der Waals surface area contributed by atoms with E-state index in [0.717, 1.165) is 6.54 Å². The fourth-order valence-electron chi connectivity index (χ4n) is 1.82. The Bertz CT molecular complexity index is 474. The van der Waals surface area contributed by atoms with Crippen molar-refractivity contribution < 1.29 is 9.59 Å². The number of carbonyl (C=O) groups excluding carboxylic acids is 2. The molecule has 1 fully saturated rings. The molecule has 0 unspecified atom stereocenters. The molecule has 19 heavy (non-hydrogen) atoms. The first kappa shape index (κ1) is 13.3. The van der Waals surface area contributed by atoms with Gasteiger partial charge in [0.2, 0.25) is 5.91 Å². The summed E-state index contributed by atoms with van der Waals surface area (Å²) >= 11 is 0. The van der Waals surface area contributed by atoms with E-state index in [9.17, 15) is 9.59 Å². The number of nitrogens with zero attached hydrogens (tertiary/aromatic N) is 4. The van der Waals surface area contributed by atoms with Gasteiger partial charge in [0.25, 0.3) is 5.91 Å². The summed E-state index contributed by atoms with van der Waals surface area (Å²) in [7, 11) is 1.73. The van der Waals surface area contributed by atoms with Crippen molar-refractivity contribution in [3.8, 4) is 0 Å². The van der Waals surface area contributed by atoms with Crippen molar-refractivity contribution in [2.45, 2.75) is 6.92 Å². The van der Waals surface area contributed by atoms with E-state index in [4.69, 9.17) is 0 Å². The van der Waals surface area contributed by atoms with Gasteiger partial charge in [0, 0.05) is 26.7 Å². The number of piperazine rings is 1. The summed E-state index contributed by atoms with van der Waals surface area (Å²) in [6.45, 7) is 3.88. The van der Waals surface area contributed by atoms with Crippen molar-refractivity contribution in [3.63, 3.8) is 0 Å². The van der Waals surface area contributed by atoms with E-state index in [1.807, 2.05) is 6.92 Å². The first-order chi connectivity index (χ1) is 9.11. The van der Waals surface area contributed by atoms with Crippen LogP contribution in [0.1, 0.15) is 17.4 Å². The minimum Gasteiger partial charge on any atom is -0.369 e. The van der Waals surface area contributed by atoms with Crippen molar-refractivity contribution >= 4 is 17.6 Å². The third kappa shape index (κ3) is 2.98. The predicted octanol–water partition coefficient (Wildman–Crippen LogP) is -0.177. The molecule has 1 aromatic rings. The molecule has 7 nitrogen and oxygen atoms in total. The Labute approximate surface area is 111 Å². The number of nitrogens with one attached hydrogen (secondary N) is 1. The molecular weight excluding hydrogens is 246 g/mol. The smallest absolute Gasteiger partial charge is 0.274 e. The first-order valence-electron chi connectivity index (χ1n) is 6.22. The lowest BCUT2D eigenvalue weighted by atomic mass is 10.2. The molecule has 0 bridgehead atoms. The highest BCUT2D eigenvalue weighted by atomic mass is 16.2. The fraction of sp³-hybridized carbons (Fsp3) is 0.500. The molecule has 2 rings (SSSR count). The van der Waals surface area contributed by atoms with E-state index >= 15 is 0 Å². The monoisotopic (exact) mass is 263 g/mol. The van der Waals surface area contributed by atoms with Crippen molar-refractivity contribution in [1.82, 2.24) is 20.0 Å². The highest BCUT2D eigenvalue weighted by molar-refractivity contribution is 5.95. The molecule has 0 saturated carbocycles. The third-order valence-electron chi connectivity index (χ3n) is 2.99. The highest BCUT2D eigenvalue weighted by Gasteiger charge is 2.26. The average Bonchev–Trinajstić information content (AvgIpc) is 2.42. The molecule has 0 aromatic carbocycles. The second-order valence-electron chi connectivity index (χ2n) is 4.38. The van der Waals surface area contributed by atoms with Crippen LogP contribution in [0.2, 0.25) is 0 Å². The van der Waals surface area contributed by atoms with Crippen LogP contribution < -0.4 is 5.32 Å². The average molecular weight is 263 g/mol. The Morgan fingerprint density at radius 3 is 2.74 bits per heavy atom. The van der Waals surface area contributed by atoms with Crippen LogP contribution in [0.15, 0.2) is 12.1 Å². The Kier molecular flexibility index (Phi) is 3.94. The topological polar surface area (TPSA) is 78.4 Å². The van der Waals surface area contributed by atoms with E-state index in [0.29, 0.717) is 18.9 Å². The van der Waals surface area contributed by atoms with Gasteiger partial charge in [0.15, 0.2) is 5.69 Å². The maximum Gasteiger partial charge on any atom is 0.274 e. The number of rotatable bonds is 3. The molecular formula is C12H17N5O2. The molecule has 0 radical (unpaired) electrons. The maximum absolute atomic E-state index is 12.2. The zero-order valence-corrected chi connectivity index (χ0v) is 11.1. The summed E-state index contributed by atoms with van der Waals surface area (Å²) in [6, 6.07) is 3.33. The summed E-state index contributed by atoms with van der Waals surface area (Å²) in [5, 5.41) is 10.8. The SMILES string of the molecule is CCNc1ccc(C(=O)N2CCN(C)C(=O)C2)nn1. The van der Waals surface area contributed by atoms with Gasteiger partial charge >= 0.3 is 0 Å². The van der Waals surface area contributed by atoms with Gasteiger partial charge in [-0.1, -0.05) is 0 Å². The van der Waals surface area contributed by atoms with Crippen LogP contribution in [0.5, 0.6) is 0 Å². The van der Waals surface area contributed by atoms with Crippen LogP contribution in [0, 0.1) is 0 Å². The van der Waals surface area contributed by atoms with Crippen molar-refractivity contribution in [1.29, 1.82) is 0 Å². The fourth-order valence-corrected chi connectivity index (χ4v) is 1.82. The first-order valence-corrected chi connectivity index (χ1v) is 6.22. The van der Waals surface area contributed by atoms with Gasteiger partial charge in [-0.05, 0) is 19.1 Å². The molecule has 1 saturated heterocycles. The summed E-state index contributed by atoms with van der Waals surface area (Å²) in [4.78, 5) is 26.8. The lowest BCUT2D eigenvalue weighted by Crippen LogP contribution is -2.50. The summed E-state index contributed by atoms with van der Waals surface area (Å²) < 4.78 is 0. The standard InChI is InChI=1S/C12H17N5O2/c1-3-13-10-5-4-9(14-15-10)12(19)17-7-6-16(2)11(18)8-17/h4-5H,3,6-8H2,1-2H3,(H,13,15).